The molecule has 0 heterocycles. The van der Waals surface area contributed by atoms with E-state index in [0.29, 0.717) is 5.56 Å². The second-order valence-electron chi connectivity index (χ2n) is 3.05. The van der Waals surface area contributed by atoms with Crippen molar-refractivity contribution in [2.24, 2.45) is 0 Å². The first-order chi connectivity index (χ1) is 7.34. The standard InChI is InChI=1S/C11H9F3O2/c1-3-8-4-5-10(16-7(2)15)9(6-8)11(12,13)14/h3-6H,1H2,2H3. The predicted molar refractivity (Wildman–Crippen MR) is 52.8 cm³/mol. The summed E-state index contributed by atoms with van der Waals surface area (Å²) in [7, 11) is 0. The van der Waals surface area contributed by atoms with Gasteiger partial charge in [-0.25, -0.2) is 0 Å². The first kappa shape index (κ1) is 12.3. The van der Waals surface area contributed by atoms with Crippen LogP contribution in [-0.4, -0.2) is 5.97 Å². The van der Waals surface area contributed by atoms with Crippen LogP contribution in [-0.2, 0) is 11.0 Å². The molecule has 0 aromatic heterocycles. The van der Waals surface area contributed by atoms with Gasteiger partial charge in [-0.1, -0.05) is 18.7 Å². The molecule has 0 aliphatic rings. The Morgan fingerprint density at radius 1 is 1.44 bits per heavy atom. The van der Waals surface area contributed by atoms with Crippen LogP contribution < -0.4 is 4.74 Å². The van der Waals surface area contributed by atoms with Gasteiger partial charge < -0.3 is 4.74 Å². The lowest BCUT2D eigenvalue weighted by atomic mass is 10.1. The Balaban J connectivity index is 3.27. The van der Waals surface area contributed by atoms with Crippen molar-refractivity contribution in [1.82, 2.24) is 0 Å². The lowest BCUT2D eigenvalue weighted by molar-refractivity contribution is -0.141. The molecule has 2 nitrogen and oxygen atoms in total. The summed E-state index contributed by atoms with van der Waals surface area (Å²) in [6, 6.07) is 3.37. The number of ether oxygens (including phenoxy) is 1. The zero-order valence-electron chi connectivity index (χ0n) is 8.47. The van der Waals surface area contributed by atoms with Crippen molar-refractivity contribution in [3.63, 3.8) is 0 Å². The van der Waals surface area contributed by atoms with Gasteiger partial charge in [-0.15, -0.1) is 0 Å². The van der Waals surface area contributed by atoms with Crippen LogP contribution in [0.25, 0.3) is 6.08 Å². The van der Waals surface area contributed by atoms with Crippen LogP contribution in [0.5, 0.6) is 5.75 Å². The summed E-state index contributed by atoms with van der Waals surface area (Å²) in [4.78, 5) is 10.6. The van der Waals surface area contributed by atoms with Crippen molar-refractivity contribution >= 4 is 12.0 Å². The number of hydrogen-bond donors (Lipinski definition) is 0. The van der Waals surface area contributed by atoms with Crippen molar-refractivity contribution in [2.45, 2.75) is 13.1 Å². The van der Waals surface area contributed by atoms with E-state index < -0.39 is 23.5 Å². The molecule has 16 heavy (non-hydrogen) atoms. The van der Waals surface area contributed by atoms with Gasteiger partial charge in [0, 0.05) is 6.92 Å². The second-order valence-corrected chi connectivity index (χ2v) is 3.05. The predicted octanol–water partition coefficient (Wildman–Crippen LogP) is 3.27. The summed E-state index contributed by atoms with van der Waals surface area (Å²) in [5.41, 5.74) is -0.677. The molecule has 0 atom stereocenters. The molecular formula is C11H9F3O2. The Morgan fingerprint density at radius 2 is 2.06 bits per heavy atom. The van der Waals surface area contributed by atoms with Gasteiger partial charge in [0.1, 0.15) is 5.75 Å². The van der Waals surface area contributed by atoms with Crippen molar-refractivity contribution < 1.29 is 22.7 Å². The van der Waals surface area contributed by atoms with Crippen LogP contribution in [0.15, 0.2) is 24.8 Å². The molecule has 0 spiro atoms. The number of carbonyl (C=O) groups excluding carboxylic acids is 1. The van der Waals surface area contributed by atoms with Crippen molar-refractivity contribution in [1.29, 1.82) is 0 Å². The van der Waals surface area contributed by atoms with Crippen molar-refractivity contribution in [3.8, 4) is 5.75 Å². The third kappa shape index (κ3) is 2.85. The highest BCUT2D eigenvalue weighted by Gasteiger charge is 2.34. The molecule has 0 radical (unpaired) electrons. The van der Waals surface area contributed by atoms with Gasteiger partial charge >= 0.3 is 12.1 Å². The van der Waals surface area contributed by atoms with Gasteiger partial charge in [0.05, 0.1) is 5.56 Å². The van der Waals surface area contributed by atoms with Gasteiger partial charge in [0.2, 0.25) is 0 Å². The Hall–Kier alpha value is -1.78. The Labute approximate surface area is 90.3 Å². The van der Waals surface area contributed by atoms with E-state index in [2.05, 4.69) is 11.3 Å². The Kier molecular flexibility index (Phi) is 3.37. The molecule has 0 saturated heterocycles. The smallest absolute Gasteiger partial charge is 0.420 e. The van der Waals surface area contributed by atoms with Gasteiger partial charge in [0.15, 0.2) is 0 Å². The van der Waals surface area contributed by atoms with E-state index in [1.807, 2.05) is 0 Å². The largest absolute Gasteiger partial charge is 0.426 e. The van der Waals surface area contributed by atoms with Crippen LogP contribution >= 0.6 is 0 Å². The summed E-state index contributed by atoms with van der Waals surface area (Å²) in [5.74, 6) is -1.29. The van der Waals surface area contributed by atoms with Gasteiger partial charge in [-0.3, -0.25) is 4.79 Å². The molecule has 1 rings (SSSR count). The third-order valence-electron chi connectivity index (χ3n) is 1.80. The molecule has 0 amide bonds. The van der Waals surface area contributed by atoms with E-state index >= 15 is 0 Å². The van der Waals surface area contributed by atoms with E-state index in [4.69, 9.17) is 0 Å². The minimum atomic E-state index is -4.57. The van der Waals surface area contributed by atoms with Crippen LogP contribution in [0.2, 0.25) is 0 Å². The summed E-state index contributed by atoms with van der Waals surface area (Å²) in [6.07, 6.45) is -3.28. The lowest BCUT2D eigenvalue weighted by Gasteiger charge is -2.12. The molecule has 0 aliphatic carbocycles. The van der Waals surface area contributed by atoms with Crippen LogP contribution in [0.4, 0.5) is 13.2 Å². The number of alkyl halides is 3. The highest BCUT2D eigenvalue weighted by molar-refractivity contribution is 5.70. The molecule has 0 bridgehead atoms. The maximum Gasteiger partial charge on any atom is 0.420 e. The SMILES string of the molecule is C=Cc1ccc(OC(C)=O)c(C(F)(F)F)c1. The van der Waals surface area contributed by atoms with Crippen molar-refractivity contribution in [2.75, 3.05) is 0 Å². The fraction of sp³-hybridized carbons (Fsp3) is 0.182. The molecule has 0 fully saturated rings. The van der Waals surface area contributed by atoms with Crippen molar-refractivity contribution in [3.05, 3.63) is 35.9 Å². The molecule has 0 aliphatic heterocycles. The number of halogens is 3. The summed E-state index contributed by atoms with van der Waals surface area (Å²) in [5, 5.41) is 0. The van der Waals surface area contributed by atoms with Crippen LogP contribution in [0.3, 0.4) is 0 Å². The van der Waals surface area contributed by atoms with Crippen LogP contribution in [0.1, 0.15) is 18.1 Å². The highest BCUT2D eigenvalue weighted by Crippen LogP contribution is 2.37. The van der Waals surface area contributed by atoms with E-state index in [-0.39, 0.29) is 0 Å². The van der Waals surface area contributed by atoms with E-state index in [0.717, 1.165) is 19.1 Å². The normalized spacial score (nSPS) is 11.0. The highest BCUT2D eigenvalue weighted by atomic mass is 19.4. The first-order valence-corrected chi connectivity index (χ1v) is 4.36. The van der Waals surface area contributed by atoms with E-state index in [9.17, 15) is 18.0 Å². The Morgan fingerprint density at radius 3 is 2.50 bits per heavy atom. The molecule has 0 unspecified atom stereocenters. The second kappa shape index (κ2) is 4.38. The maximum absolute atomic E-state index is 12.6. The molecule has 86 valence electrons. The molecule has 0 saturated carbocycles. The van der Waals surface area contributed by atoms with E-state index in [1.54, 1.807) is 0 Å². The summed E-state index contributed by atoms with van der Waals surface area (Å²) >= 11 is 0. The van der Waals surface area contributed by atoms with Crippen LogP contribution in [0, 0.1) is 0 Å². The quantitative estimate of drug-likeness (QED) is 0.575. The molecule has 1 aromatic carbocycles. The Bertz CT molecular complexity index is 422. The fourth-order valence-electron chi connectivity index (χ4n) is 1.14. The lowest BCUT2D eigenvalue weighted by Crippen LogP contribution is -2.11. The first-order valence-electron chi connectivity index (χ1n) is 4.36. The number of benzene rings is 1. The molecule has 1 aromatic rings. The van der Waals surface area contributed by atoms with E-state index in [1.165, 1.54) is 12.1 Å². The molecular weight excluding hydrogens is 221 g/mol. The number of esters is 1. The van der Waals surface area contributed by atoms with Gasteiger partial charge in [-0.05, 0) is 17.7 Å². The number of rotatable bonds is 2. The number of hydrogen-bond acceptors (Lipinski definition) is 2. The minimum Gasteiger partial charge on any atom is -0.426 e. The maximum atomic E-state index is 12.6. The average molecular weight is 230 g/mol. The zero-order valence-corrected chi connectivity index (χ0v) is 8.47. The average Bonchev–Trinajstić information content (AvgIpc) is 2.15. The number of carbonyl (C=O) groups is 1. The van der Waals surface area contributed by atoms with Gasteiger partial charge in [-0.2, -0.15) is 13.2 Å². The topological polar surface area (TPSA) is 26.3 Å². The summed E-state index contributed by atoms with van der Waals surface area (Å²) in [6.45, 7) is 4.41. The zero-order chi connectivity index (χ0) is 12.3. The minimum absolute atomic E-state index is 0.309. The molecule has 5 heteroatoms. The fourth-order valence-corrected chi connectivity index (χ4v) is 1.14. The monoisotopic (exact) mass is 230 g/mol. The van der Waals surface area contributed by atoms with Gasteiger partial charge in [0.25, 0.3) is 0 Å². The summed E-state index contributed by atoms with van der Waals surface area (Å²) < 4.78 is 42.2. The third-order valence-corrected chi connectivity index (χ3v) is 1.80. The molecule has 0 N–H and O–H groups in total.